The smallest absolute Gasteiger partial charge is 0.0916 e. The number of rotatable bonds is 3. The zero-order valence-electron chi connectivity index (χ0n) is 10.2. The Bertz CT molecular complexity index is 353. The van der Waals surface area contributed by atoms with Gasteiger partial charge in [-0.05, 0) is 24.6 Å². The van der Waals surface area contributed by atoms with Crippen LogP contribution in [0.25, 0.3) is 0 Å². The van der Waals surface area contributed by atoms with Crippen molar-refractivity contribution in [2.75, 3.05) is 32.0 Å². The fraction of sp³-hybridized carbons (Fsp3) is 0.538. The molecule has 0 amide bonds. The van der Waals surface area contributed by atoms with Crippen LogP contribution in [0, 0.1) is 0 Å². The third-order valence-electron chi connectivity index (χ3n) is 3.08. The van der Waals surface area contributed by atoms with Gasteiger partial charge in [-0.3, -0.25) is 4.90 Å². The maximum absolute atomic E-state index is 10.1. The molecule has 2 rings (SSSR count). The maximum Gasteiger partial charge on any atom is 0.0916 e. The first kappa shape index (κ1) is 12.4. The number of aliphatic hydroxyl groups excluding tert-OH is 1. The summed E-state index contributed by atoms with van der Waals surface area (Å²) in [7, 11) is 0. The van der Waals surface area contributed by atoms with E-state index in [0.29, 0.717) is 6.54 Å². The lowest BCUT2D eigenvalue weighted by Crippen LogP contribution is -2.42. The van der Waals surface area contributed by atoms with E-state index in [0.717, 1.165) is 30.9 Å². The van der Waals surface area contributed by atoms with Crippen molar-refractivity contribution < 1.29 is 9.84 Å². The molecular weight excluding hydrogens is 216 g/mol. The Morgan fingerprint density at radius 1 is 1.47 bits per heavy atom. The first-order chi connectivity index (χ1) is 8.15. The molecule has 0 radical (unpaired) electrons. The van der Waals surface area contributed by atoms with Gasteiger partial charge < -0.3 is 15.6 Å². The number of benzene rings is 1. The van der Waals surface area contributed by atoms with Crippen LogP contribution in [0.2, 0.25) is 0 Å². The Kier molecular flexibility index (Phi) is 3.99. The average Bonchev–Trinajstić information content (AvgIpc) is 2.29. The highest BCUT2D eigenvalue weighted by molar-refractivity contribution is 5.39. The van der Waals surface area contributed by atoms with Crippen LogP contribution >= 0.6 is 0 Å². The molecule has 1 aliphatic heterocycles. The van der Waals surface area contributed by atoms with E-state index in [9.17, 15) is 5.11 Å². The van der Waals surface area contributed by atoms with Gasteiger partial charge in [0.15, 0.2) is 0 Å². The van der Waals surface area contributed by atoms with Gasteiger partial charge in [0, 0.05) is 25.3 Å². The molecule has 1 aliphatic rings. The fourth-order valence-electron chi connectivity index (χ4n) is 2.12. The molecule has 0 saturated carbocycles. The molecule has 1 aromatic carbocycles. The van der Waals surface area contributed by atoms with Crippen molar-refractivity contribution >= 4 is 5.69 Å². The van der Waals surface area contributed by atoms with Crippen molar-refractivity contribution in [1.82, 2.24) is 4.90 Å². The van der Waals surface area contributed by atoms with Crippen molar-refractivity contribution in [1.29, 1.82) is 0 Å². The SMILES string of the molecule is CC1CN(CC(O)c2ccc(N)cc2)CCO1. The number of ether oxygens (including phenoxy) is 1. The van der Waals surface area contributed by atoms with E-state index in [1.807, 2.05) is 24.3 Å². The van der Waals surface area contributed by atoms with Gasteiger partial charge in [0.05, 0.1) is 18.8 Å². The first-order valence-corrected chi connectivity index (χ1v) is 6.02. The Morgan fingerprint density at radius 2 is 2.18 bits per heavy atom. The first-order valence-electron chi connectivity index (χ1n) is 6.02. The number of β-amino-alcohol motifs (C(OH)–C–C–N with tert-alkyl or cyclic N) is 1. The van der Waals surface area contributed by atoms with Gasteiger partial charge in [0.2, 0.25) is 0 Å². The summed E-state index contributed by atoms with van der Waals surface area (Å²) in [4.78, 5) is 2.23. The minimum atomic E-state index is -0.458. The summed E-state index contributed by atoms with van der Waals surface area (Å²) >= 11 is 0. The molecule has 0 aliphatic carbocycles. The Balaban J connectivity index is 1.91. The van der Waals surface area contributed by atoms with E-state index in [2.05, 4.69) is 11.8 Å². The van der Waals surface area contributed by atoms with Crippen LogP contribution in [-0.2, 0) is 4.74 Å². The average molecular weight is 236 g/mol. The van der Waals surface area contributed by atoms with Gasteiger partial charge in [-0.2, -0.15) is 0 Å². The standard InChI is InChI=1S/C13H20N2O2/c1-10-8-15(6-7-17-10)9-13(16)11-2-4-12(14)5-3-11/h2-5,10,13,16H,6-9,14H2,1H3. The van der Waals surface area contributed by atoms with E-state index >= 15 is 0 Å². The normalized spacial score (nSPS) is 23.5. The zero-order chi connectivity index (χ0) is 12.3. The molecule has 1 heterocycles. The highest BCUT2D eigenvalue weighted by Crippen LogP contribution is 2.17. The molecule has 17 heavy (non-hydrogen) atoms. The Labute approximate surface area is 102 Å². The number of hydrogen-bond acceptors (Lipinski definition) is 4. The quantitative estimate of drug-likeness (QED) is 0.769. The molecule has 4 heteroatoms. The zero-order valence-corrected chi connectivity index (χ0v) is 10.2. The molecule has 0 aromatic heterocycles. The van der Waals surface area contributed by atoms with Crippen molar-refractivity contribution in [2.45, 2.75) is 19.1 Å². The molecule has 1 aromatic rings. The van der Waals surface area contributed by atoms with E-state index in [-0.39, 0.29) is 6.10 Å². The molecule has 1 saturated heterocycles. The van der Waals surface area contributed by atoms with Gasteiger partial charge in [0.25, 0.3) is 0 Å². The van der Waals surface area contributed by atoms with Gasteiger partial charge in [0.1, 0.15) is 0 Å². The third-order valence-corrected chi connectivity index (χ3v) is 3.08. The third kappa shape index (κ3) is 3.43. The summed E-state index contributed by atoms with van der Waals surface area (Å²) < 4.78 is 5.47. The van der Waals surface area contributed by atoms with Crippen LogP contribution in [0.15, 0.2) is 24.3 Å². The summed E-state index contributed by atoms with van der Waals surface area (Å²) in [6.45, 7) is 5.22. The van der Waals surface area contributed by atoms with Crippen molar-refractivity contribution in [3.63, 3.8) is 0 Å². The van der Waals surface area contributed by atoms with E-state index < -0.39 is 6.10 Å². The summed E-state index contributed by atoms with van der Waals surface area (Å²) in [5.74, 6) is 0. The van der Waals surface area contributed by atoms with E-state index in [1.165, 1.54) is 0 Å². The molecular formula is C13H20N2O2. The van der Waals surface area contributed by atoms with Crippen LogP contribution in [0.4, 0.5) is 5.69 Å². The predicted molar refractivity (Wildman–Crippen MR) is 67.7 cm³/mol. The summed E-state index contributed by atoms with van der Waals surface area (Å²) in [6.07, 6.45) is -0.205. The molecule has 0 spiro atoms. The largest absolute Gasteiger partial charge is 0.399 e. The second-order valence-electron chi connectivity index (χ2n) is 4.62. The molecule has 2 atom stereocenters. The van der Waals surface area contributed by atoms with Gasteiger partial charge in [-0.1, -0.05) is 12.1 Å². The monoisotopic (exact) mass is 236 g/mol. The van der Waals surface area contributed by atoms with Crippen LogP contribution < -0.4 is 5.73 Å². The van der Waals surface area contributed by atoms with Gasteiger partial charge >= 0.3 is 0 Å². The number of aliphatic hydroxyl groups is 1. The molecule has 4 nitrogen and oxygen atoms in total. The van der Waals surface area contributed by atoms with Crippen LogP contribution in [0.3, 0.4) is 0 Å². The minimum Gasteiger partial charge on any atom is -0.399 e. The predicted octanol–water partition coefficient (Wildman–Crippen LogP) is 1.02. The molecule has 0 bridgehead atoms. The number of nitrogen functional groups attached to an aromatic ring is 1. The van der Waals surface area contributed by atoms with Crippen LogP contribution in [0.5, 0.6) is 0 Å². The fourth-order valence-corrected chi connectivity index (χ4v) is 2.12. The summed E-state index contributed by atoms with van der Waals surface area (Å²) in [5, 5.41) is 10.1. The number of nitrogens with two attached hydrogens (primary N) is 1. The van der Waals surface area contributed by atoms with Gasteiger partial charge in [-0.15, -0.1) is 0 Å². The van der Waals surface area contributed by atoms with Gasteiger partial charge in [-0.25, -0.2) is 0 Å². The lowest BCUT2D eigenvalue weighted by atomic mass is 10.1. The molecule has 1 fully saturated rings. The van der Waals surface area contributed by atoms with Crippen LogP contribution in [-0.4, -0.2) is 42.4 Å². The van der Waals surface area contributed by atoms with Crippen molar-refractivity contribution in [3.8, 4) is 0 Å². The second-order valence-corrected chi connectivity index (χ2v) is 4.62. The molecule has 94 valence electrons. The summed E-state index contributed by atoms with van der Waals surface area (Å²) in [5.41, 5.74) is 7.26. The number of anilines is 1. The maximum atomic E-state index is 10.1. The van der Waals surface area contributed by atoms with E-state index in [4.69, 9.17) is 10.5 Å². The lowest BCUT2D eigenvalue weighted by molar-refractivity contribution is -0.0318. The number of nitrogens with zero attached hydrogens (tertiary/aromatic N) is 1. The van der Waals surface area contributed by atoms with Crippen LogP contribution in [0.1, 0.15) is 18.6 Å². The van der Waals surface area contributed by atoms with E-state index in [1.54, 1.807) is 0 Å². The second kappa shape index (κ2) is 5.49. The highest BCUT2D eigenvalue weighted by Gasteiger charge is 2.19. The number of hydrogen-bond donors (Lipinski definition) is 2. The minimum absolute atomic E-state index is 0.252. The highest BCUT2D eigenvalue weighted by atomic mass is 16.5. The Hall–Kier alpha value is -1.10. The Morgan fingerprint density at radius 3 is 2.82 bits per heavy atom. The van der Waals surface area contributed by atoms with Crippen molar-refractivity contribution in [2.24, 2.45) is 0 Å². The number of morpholine rings is 1. The summed E-state index contributed by atoms with van der Waals surface area (Å²) in [6, 6.07) is 7.40. The molecule has 2 unspecified atom stereocenters. The molecule has 3 N–H and O–H groups in total. The van der Waals surface area contributed by atoms with Crippen molar-refractivity contribution in [3.05, 3.63) is 29.8 Å². The topological polar surface area (TPSA) is 58.7 Å². The lowest BCUT2D eigenvalue weighted by Gasteiger charge is -2.32.